The number of carbonyl (C=O) groups is 2. The van der Waals surface area contributed by atoms with Crippen molar-refractivity contribution in [3.05, 3.63) is 41.6 Å². The summed E-state index contributed by atoms with van der Waals surface area (Å²) in [4.78, 5) is 33.5. The Morgan fingerprint density at radius 3 is 2.79 bits per heavy atom. The summed E-state index contributed by atoms with van der Waals surface area (Å²) in [7, 11) is 1.50. The summed E-state index contributed by atoms with van der Waals surface area (Å²) >= 11 is 0. The number of alkyl halides is 3. The number of fused-ring (bicyclic) bond motifs is 1. The average molecular weight is 395 g/mol. The summed E-state index contributed by atoms with van der Waals surface area (Å²) < 4.78 is 39.9. The number of rotatable bonds is 4. The van der Waals surface area contributed by atoms with E-state index in [2.05, 4.69) is 15.3 Å². The second-order valence-electron chi connectivity index (χ2n) is 6.87. The van der Waals surface area contributed by atoms with Crippen LogP contribution in [0.3, 0.4) is 0 Å². The topological polar surface area (TPSA) is 80.1 Å². The SMILES string of the molecule is Cc1ccnc(NC(=O)CN(C)C(=O)C2CCn3c(cnc3C(F)(F)F)C2)c1. The Bertz CT molecular complexity index is 894. The monoisotopic (exact) mass is 395 g/mol. The molecule has 3 rings (SSSR count). The molecule has 0 fully saturated rings. The number of hydrogen-bond donors (Lipinski definition) is 1. The highest BCUT2D eigenvalue weighted by Gasteiger charge is 2.39. The Morgan fingerprint density at radius 1 is 1.36 bits per heavy atom. The number of anilines is 1. The summed E-state index contributed by atoms with van der Waals surface area (Å²) in [6.45, 7) is 1.76. The molecule has 0 aliphatic carbocycles. The first-order chi connectivity index (χ1) is 13.1. The molecular weight excluding hydrogens is 375 g/mol. The van der Waals surface area contributed by atoms with Crippen molar-refractivity contribution in [1.29, 1.82) is 0 Å². The number of halogens is 3. The van der Waals surface area contributed by atoms with E-state index in [-0.39, 0.29) is 31.8 Å². The van der Waals surface area contributed by atoms with Crippen LogP contribution in [-0.4, -0.2) is 44.8 Å². The van der Waals surface area contributed by atoms with Crippen LogP contribution >= 0.6 is 0 Å². The largest absolute Gasteiger partial charge is 0.449 e. The number of imidazole rings is 1. The van der Waals surface area contributed by atoms with Gasteiger partial charge in [-0.2, -0.15) is 13.2 Å². The Morgan fingerprint density at radius 2 is 2.11 bits per heavy atom. The normalized spacial score (nSPS) is 16.4. The molecule has 0 bridgehead atoms. The van der Waals surface area contributed by atoms with E-state index < -0.39 is 23.8 Å². The first-order valence-electron chi connectivity index (χ1n) is 8.74. The Labute approximate surface area is 159 Å². The van der Waals surface area contributed by atoms with Crippen LogP contribution in [-0.2, 0) is 28.7 Å². The zero-order valence-electron chi connectivity index (χ0n) is 15.5. The van der Waals surface area contributed by atoms with Gasteiger partial charge in [0.1, 0.15) is 5.82 Å². The average Bonchev–Trinajstić information content (AvgIpc) is 3.04. The molecule has 7 nitrogen and oxygen atoms in total. The van der Waals surface area contributed by atoms with E-state index in [1.54, 1.807) is 18.3 Å². The Balaban J connectivity index is 1.60. The first kappa shape index (κ1) is 19.8. The second-order valence-corrected chi connectivity index (χ2v) is 6.87. The third kappa shape index (κ3) is 4.32. The third-order valence-electron chi connectivity index (χ3n) is 4.64. The van der Waals surface area contributed by atoms with Crippen molar-refractivity contribution in [3.63, 3.8) is 0 Å². The number of aromatic nitrogens is 3. The molecule has 1 atom stereocenters. The van der Waals surface area contributed by atoms with E-state index in [0.29, 0.717) is 11.5 Å². The molecule has 0 aromatic carbocycles. The number of carbonyl (C=O) groups excluding carboxylic acids is 2. The van der Waals surface area contributed by atoms with E-state index in [1.807, 2.05) is 6.92 Å². The molecule has 0 radical (unpaired) electrons. The third-order valence-corrected chi connectivity index (χ3v) is 4.64. The lowest BCUT2D eigenvalue weighted by molar-refractivity contribution is -0.147. The molecule has 0 saturated heterocycles. The molecule has 1 aliphatic heterocycles. The fourth-order valence-corrected chi connectivity index (χ4v) is 3.29. The summed E-state index contributed by atoms with van der Waals surface area (Å²) in [6, 6.07) is 3.50. The molecule has 2 amide bonds. The fourth-order valence-electron chi connectivity index (χ4n) is 3.29. The number of nitrogens with zero attached hydrogens (tertiary/aromatic N) is 4. The van der Waals surface area contributed by atoms with Crippen molar-refractivity contribution >= 4 is 17.6 Å². The van der Waals surface area contributed by atoms with E-state index in [4.69, 9.17) is 0 Å². The van der Waals surface area contributed by atoms with Gasteiger partial charge in [-0.05, 0) is 31.0 Å². The van der Waals surface area contributed by atoms with Crippen molar-refractivity contribution in [1.82, 2.24) is 19.4 Å². The molecule has 2 aromatic rings. The molecule has 1 unspecified atom stereocenters. The molecule has 1 aliphatic rings. The maximum absolute atomic E-state index is 12.9. The van der Waals surface area contributed by atoms with E-state index in [1.165, 1.54) is 18.1 Å². The van der Waals surface area contributed by atoms with Gasteiger partial charge in [0.15, 0.2) is 0 Å². The second kappa shape index (κ2) is 7.61. The predicted molar refractivity (Wildman–Crippen MR) is 94.3 cm³/mol. The molecule has 0 saturated carbocycles. The van der Waals surface area contributed by atoms with Gasteiger partial charge in [-0.1, -0.05) is 0 Å². The van der Waals surface area contributed by atoms with Crippen LogP contribution in [0, 0.1) is 12.8 Å². The van der Waals surface area contributed by atoms with Crippen LogP contribution in [0.5, 0.6) is 0 Å². The lowest BCUT2D eigenvalue weighted by Gasteiger charge is -2.28. The predicted octanol–water partition coefficient (Wildman–Crippen LogP) is 2.26. The van der Waals surface area contributed by atoms with Gasteiger partial charge in [0.05, 0.1) is 6.54 Å². The molecule has 10 heteroatoms. The zero-order valence-corrected chi connectivity index (χ0v) is 15.5. The maximum Gasteiger partial charge on any atom is 0.449 e. The van der Waals surface area contributed by atoms with E-state index >= 15 is 0 Å². The van der Waals surface area contributed by atoms with Crippen LogP contribution < -0.4 is 5.32 Å². The molecule has 1 N–H and O–H groups in total. The molecule has 150 valence electrons. The minimum absolute atomic E-state index is 0.0633. The smallest absolute Gasteiger partial charge is 0.336 e. The number of hydrogen-bond acceptors (Lipinski definition) is 4. The van der Waals surface area contributed by atoms with Gasteiger partial charge in [0, 0.05) is 44.0 Å². The minimum atomic E-state index is -4.52. The minimum Gasteiger partial charge on any atom is -0.336 e. The van der Waals surface area contributed by atoms with Gasteiger partial charge in [0.2, 0.25) is 17.6 Å². The number of amides is 2. The van der Waals surface area contributed by atoms with Crippen molar-refractivity contribution in [2.45, 2.75) is 32.5 Å². The molecule has 28 heavy (non-hydrogen) atoms. The van der Waals surface area contributed by atoms with Crippen molar-refractivity contribution in [3.8, 4) is 0 Å². The van der Waals surface area contributed by atoms with Gasteiger partial charge in [0.25, 0.3) is 0 Å². The first-order valence-corrected chi connectivity index (χ1v) is 8.74. The molecule has 0 spiro atoms. The van der Waals surface area contributed by atoms with Crippen molar-refractivity contribution in [2.24, 2.45) is 5.92 Å². The van der Waals surface area contributed by atoms with Gasteiger partial charge in [-0.25, -0.2) is 9.97 Å². The van der Waals surface area contributed by atoms with E-state index in [0.717, 1.165) is 10.1 Å². The zero-order chi connectivity index (χ0) is 20.5. The summed E-state index contributed by atoms with van der Waals surface area (Å²) in [5.41, 5.74) is 1.31. The van der Waals surface area contributed by atoms with Gasteiger partial charge < -0.3 is 14.8 Å². The highest BCUT2D eigenvalue weighted by atomic mass is 19.4. The van der Waals surface area contributed by atoms with Crippen LogP contribution in [0.15, 0.2) is 24.5 Å². The van der Waals surface area contributed by atoms with Crippen LogP contribution in [0.2, 0.25) is 0 Å². The lowest BCUT2D eigenvalue weighted by atomic mass is 9.94. The standard InChI is InChI=1S/C18H20F3N5O2/c1-11-3-5-22-14(7-11)24-15(27)10-25(2)16(28)12-4-6-26-13(8-12)9-23-17(26)18(19,20)21/h3,5,7,9,12H,4,6,8,10H2,1-2H3,(H,22,24,27). The highest BCUT2D eigenvalue weighted by Crippen LogP contribution is 2.32. The lowest BCUT2D eigenvalue weighted by Crippen LogP contribution is -2.41. The van der Waals surface area contributed by atoms with Crippen LogP contribution in [0.4, 0.5) is 19.0 Å². The number of nitrogens with one attached hydrogen (secondary N) is 1. The van der Waals surface area contributed by atoms with Gasteiger partial charge in [-0.15, -0.1) is 0 Å². The van der Waals surface area contributed by atoms with E-state index in [9.17, 15) is 22.8 Å². The summed E-state index contributed by atoms with van der Waals surface area (Å²) in [5, 5.41) is 2.62. The Kier molecular flexibility index (Phi) is 5.39. The van der Waals surface area contributed by atoms with Gasteiger partial charge in [-0.3, -0.25) is 9.59 Å². The molecule has 2 aromatic heterocycles. The number of aryl methyl sites for hydroxylation is 1. The maximum atomic E-state index is 12.9. The van der Waals surface area contributed by atoms with Gasteiger partial charge >= 0.3 is 6.18 Å². The molecular formula is C18H20F3N5O2. The number of likely N-dealkylation sites (N-methyl/N-ethyl adjacent to an activating group) is 1. The fraction of sp³-hybridized carbons (Fsp3) is 0.444. The molecule has 3 heterocycles. The van der Waals surface area contributed by atoms with Crippen LogP contribution in [0.1, 0.15) is 23.5 Å². The summed E-state index contributed by atoms with van der Waals surface area (Å²) in [6.07, 6.45) is -1.36. The highest BCUT2D eigenvalue weighted by molar-refractivity contribution is 5.94. The van der Waals surface area contributed by atoms with Crippen molar-refractivity contribution in [2.75, 3.05) is 18.9 Å². The Hall–Kier alpha value is -2.91. The van der Waals surface area contributed by atoms with Crippen LogP contribution in [0.25, 0.3) is 0 Å². The number of pyridine rings is 1. The summed E-state index contributed by atoms with van der Waals surface area (Å²) in [5.74, 6) is -1.71. The quantitative estimate of drug-likeness (QED) is 0.861. The van der Waals surface area contributed by atoms with Crippen molar-refractivity contribution < 1.29 is 22.8 Å².